The second-order valence-electron chi connectivity index (χ2n) is 7.80. The molecule has 1 rings (SSSR count). The van der Waals surface area contributed by atoms with Crippen molar-refractivity contribution < 1.29 is 0 Å². The van der Waals surface area contributed by atoms with Gasteiger partial charge < -0.3 is 5.32 Å². The highest BCUT2D eigenvalue weighted by Gasteiger charge is 2.28. The van der Waals surface area contributed by atoms with Crippen LogP contribution in [0.4, 0.5) is 0 Å². The Bertz CT molecular complexity index is 226. The first-order valence-corrected chi connectivity index (χ1v) is 9.27. The molecule has 0 saturated heterocycles. The quantitative estimate of drug-likeness (QED) is 0.576. The summed E-state index contributed by atoms with van der Waals surface area (Å²) >= 11 is 0. The summed E-state index contributed by atoms with van der Waals surface area (Å²) < 4.78 is 0. The molecule has 1 nitrogen and oxygen atoms in total. The molecule has 0 aromatic rings. The minimum atomic E-state index is 0.793. The molecule has 1 aliphatic carbocycles. The molecular formula is C19H39N. The van der Waals surface area contributed by atoms with Crippen molar-refractivity contribution in [3.05, 3.63) is 0 Å². The summed E-state index contributed by atoms with van der Waals surface area (Å²) in [5.74, 6) is 3.69. The summed E-state index contributed by atoms with van der Waals surface area (Å²) in [6.45, 7) is 13.0. The van der Waals surface area contributed by atoms with Gasteiger partial charge in [-0.05, 0) is 68.7 Å². The Morgan fingerprint density at radius 3 is 2.00 bits per heavy atom. The Kier molecular flexibility index (Phi) is 8.84. The molecule has 0 amide bonds. The van der Waals surface area contributed by atoms with E-state index < -0.39 is 0 Å². The summed E-state index contributed by atoms with van der Waals surface area (Å²) in [5.41, 5.74) is 0. The Morgan fingerprint density at radius 2 is 1.50 bits per heavy atom. The lowest BCUT2D eigenvalue weighted by atomic mass is 9.73. The van der Waals surface area contributed by atoms with Crippen LogP contribution in [0.1, 0.15) is 86.0 Å². The van der Waals surface area contributed by atoms with Crippen LogP contribution in [-0.4, -0.2) is 12.6 Å². The summed E-state index contributed by atoms with van der Waals surface area (Å²) in [7, 11) is 0. The average Bonchev–Trinajstić information content (AvgIpc) is 2.42. The molecule has 1 aliphatic rings. The molecule has 0 heterocycles. The molecule has 1 fully saturated rings. The predicted octanol–water partition coefficient (Wildman–Crippen LogP) is 5.64. The Balaban J connectivity index is 2.38. The monoisotopic (exact) mass is 281 g/mol. The van der Waals surface area contributed by atoms with Crippen LogP contribution in [0.15, 0.2) is 0 Å². The van der Waals surface area contributed by atoms with Crippen LogP contribution in [0.2, 0.25) is 0 Å². The van der Waals surface area contributed by atoms with E-state index in [0.717, 1.165) is 29.7 Å². The smallest absolute Gasteiger partial charge is 0.00953 e. The van der Waals surface area contributed by atoms with Crippen molar-refractivity contribution >= 4 is 0 Å². The van der Waals surface area contributed by atoms with Gasteiger partial charge in [-0.3, -0.25) is 0 Å². The lowest BCUT2D eigenvalue weighted by molar-refractivity contribution is 0.181. The van der Waals surface area contributed by atoms with Crippen molar-refractivity contribution in [1.29, 1.82) is 0 Å². The highest BCUT2D eigenvalue weighted by molar-refractivity contribution is 4.83. The maximum absolute atomic E-state index is 3.86. The molecule has 0 radical (unpaired) electrons. The van der Waals surface area contributed by atoms with Gasteiger partial charge in [0.1, 0.15) is 0 Å². The third-order valence-electron chi connectivity index (χ3n) is 5.28. The molecule has 1 N–H and O–H groups in total. The first-order chi connectivity index (χ1) is 9.54. The molecule has 120 valence electrons. The molecule has 1 heteroatoms. The number of hydrogen-bond donors (Lipinski definition) is 1. The number of hydrogen-bond acceptors (Lipinski definition) is 1. The van der Waals surface area contributed by atoms with E-state index in [2.05, 4.69) is 39.9 Å². The van der Waals surface area contributed by atoms with Gasteiger partial charge >= 0.3 is 0 Å². The fraction of sp³-hybridized carbons (Fsp3) is 1.00. The standard InChI is InChI=1S/C19H39N/c1-6-14-20-19(9-7-8-15(2)3)18-12-10-17(11-13-18)16(4)5/h15-20H,6-14H2,1-5H3. The van der Waals surface area contributed by atoms with E-state index in [-0.39, 0.29) is 0 Å². The zero-order chi connectivity index (χ0) is 15.0. The van der Waals surface area contributed by atoms with Gasteiger partial charge in [0.2, 0.25) is 0 Å². The van der Waals surface area contributed by atoms with Crippen LogP contribution < -0.4 is 5.32 Å². The minimum absolute atomic E-state index is 0.793. The van der Waals surface area contributed by atoms with Crippen LogP contribution >= 0.6 is 0 Å². The normalized spacial score (nSPS) is 25.4. The van der Waals surface area contributed by atoms with Crippen molar-refractivity contribution in [2.24, 2.45) is 23.7 Å². The van der Waals surface area contributed by atoms with Gasteiger partial charge in [-0.1, -0.05) is 47.5 Å². The summed E-state index contributed by atoms with van der Waals surface area (Å²) in [5, 5.41) is 3.86. The zero-order valence-corrected chi connectivity index (χ0v) is 14.8. The number of rotatable bonds is 9. The van der Waals surface area contributed by atoms with Gasteiger partial charge in [0.05, 0.1) is 0 Å². The van der Waals surface area contributed by atoms with Crippen LogP contribution in [0.25, 0.3) is 0 Å². The van der Waals surface area contributed by atoms with E-state index in [1.807, 2.05) is 0 Å². The Hall–Kier alpha value is -0.0400. The minimum Gasteiger partial charge on any atom is -0.314 e. The Labute approximate surface area is 128 Å². The van der Waals surface area contributed by atoms with Crippen molar-refractivity contribution in [3.63, 3.8) is 0 Å². The average molecular weight is 282 g/mol. The summed E-state index contributed by atoms with van der Waals surface area (Å²) in [6.07, 6.45) is 11.3. The molecule has 0 aromatic carbocycles. The van der Waals surface area contributed by atoms with Crippen molar-refractivity contribution in [1.82, 2.24) is 5.32 Å². The first kappa shape index (κ1) is 18.0. The first-order valence-electron chi connectivity index (χ1n) is 9.27. The van der Waals surface area contributed by atoms with Gasteiger partial charge in [-0.25, -0.2) is 0 Å². The van der Waals surface area contributed by atoms with E-state index in [9.17, 15) is 0 Å². The molecule has 0 aliphatic heterocycles. The van der Waals surface area contributed by atoms with Gasteiger partial charge in [-0.15, -0.1) is 0 Å². The van der Waals surface area contributed by atoms with E-state index in [0.29, 0.717) is 0 Å². The molecule has 0 spiro atoms. The van der Waals surface area contributed by atoms with Crippen molar-refractivity contribution in [2.45, 2.75) is 92.0 Å². The molecular weight excluding hydrogens is 242 g/mol. The van der Waals surface area contributed by atoms with Gasteiger partial charge in [0, 0.05) is 6.04 Å². The second-order valence-corrected chi connectivity index (χ2v) is 7.80. The maximum atomic E-state index is 3.86. The third-order valence-corrected chi connectivity index (χ3v) is 5.28. The van der Waals surface area contributed by atoms with Gasteiger partial charge in [0.25, 0.3) is 0 Å². The predicted molar refractivity (Wildman–Crippen MR) is 91.1 cm³/mol. The lowest BCUT2D eigenvalue weighted by Gasteiger charge is -2.36. The largest absolute Gasteiger partial charge is 0.314 e. The molecule has 1 saturated carbocycles. The van der Waals surface area contributed by atoms with E-state index >= 15 is 0 Å². The van der Waals surface area contributed by atoms with E-state index in [1.54, 1.807) is 0 Å². The van der Waals surface area contributed by atoms with Gasteiger partial charge in [-0.2, -0.15) is 0 Å². The number of nitrogens with one attached hydrogen (secondary N) is 1. The maximum Gasteiger partial charge on any atom is 0.00953 e. The van der Waals surface area contributed by atoms with Gasteiger partial charge in [0.15, 0.2) is 0 Å². The van der Waals surface area contributed by atoms with Crippen LogP contribution in [-0.2, 0) is 0 Å². The molecule has 20 heavy (non-hydrogen) atoms. The topological polar surface area (TPSA) is 12.0 Å². The van der Waals surface area contributed by atoms with Crippen LogP contribution in [0.5, 0.6) is 0 Å². The fourth-order valence-corrected chi connectivity index (χ4v) is 3.79. The fourth-order valence-electron chi connectivity index (χ4n) is 3.79. The summed E-state index contributed by atoms with van der Waals surface area (Å²) in [6, 6.07) is 0.793. The van der Waals surface area contributed by atoms with Crippen LogP contribution in [0.3, 0.4) is 0 Å². The summed E-state index contributed by atoms with van der Waals surface area (Å²) in [4.78, 5) is 0. The molecule has 1 unspecified atom stereocenters. The van der Waals surface area contributed by atoms with E-state index in [1.165, 1.54) is 57.9 Å². The highest BCUT2D eigenvalue weighted by atomic mass is 14.9. The van der Waals surface area contributed by atoms with E-state index in [4.69, 9.17) is 0 Å². The lowest BCUT2D eigenvalue weighted by Crippen LogP contribution is -2.39. The SMILES string of the molecule is CCCNC(CCCC(C)C)C1CCC(C(C)C)CC1. The Morgan fingerprint density at radius 1 is 0.900 bits per heavy atom. The van der Waals surface area contributed by atoms with Crippen molar-refractivity contribution in [3.8, 4) is 0 Å². The zero-order valence-electron chi connectivity index (χ0n) is 14.8. The van der Waals surface area contributed by atoms with Crippen LogP contribution in [0, 0.1) is 23.7 Å². The third kappa shape index (κ3) is 6.61. The molecule has 0 bridgehead atoms. The van der Waals surface area contributed by atoms with Crippen molar-refractivity contribution in [2.75, 3.05) is 6.54 Å². The molecule has 1 atom stereocenters. The highest BCUT2D eigenvalue weighted by Crippen LogP contribution is 2.35. The second kappa shape index (κ2) is 9.82. The molecule has 0 aromatic heterocycles.